The number of aliphatic hydroxyl groups is 1. The second kappa shape index (κ2) is 6.82. The number of unbranched alkanes of at least 4 members (excludes halogenated alkanes) is 1. The molecule has 0 heterocycles. The maximum Gasteiger partial charge on any atom is 0.312 e. The van der Waals surface area contributed by atoms with Crippen LogP contribution < -0.4 is 0 Å². The first-order valence-electron chi connectivity index (χ1n) is 11.5. The van der Waals surface area contributed by atoms with Gasteiger partial charge < -0.3 is 9.84 Å². The Morgan fingerprint density at radius 3 is 2.57 bits per heavy atom. The molecule has 4 aliphatic rings. The number of fused-ring (bicyclic) bond motifs is 3. The summed E-state index contributed by atoms with van der Waals surface area (Å²) >= 11 is 0. The van der Waals surface area contributed by atoms with Crippen molar-refractivity contribution in [2.24, 2.45) is 33.5 Å². The first-order valence-corrected chi connectivity index (χ1v) is 11.5. The Balaban J connectivity index is 1.57. The Morgan fingerprint density at radius 1 is 1.07 bits per heavy atom. The van der Waals surface area contributed by atoms with Gasteiger partial charge in [0.1, 0.15) is 5.78 Å². The first-order chi connectivity index (χ1) is 13.2. The lowest BCUT2D eigenvalue weighted by atomic mass is 9.40. The lowest BCUT2D eigenvalue weighted by molar-refractivity contribution is -0.188. The summed E-state index contributed by atoms with van der Waals surface area (Å²) in [6, 6.07) is 0. The van der Waals surface area contributed by atoms with Gasteiger partial charge in [-0.15, -0.1) is 0 Å². The van der Waals surface area contributed by atoms with Crippen LogP contribution in [0.3, 0.4) is 0 Å². The molecule has 0 amide bonds. The number of hydrogen-bond donors (Lipinski definition) is 1. The van der Waals surface area contributed by atoms with Crippen LogP contribution in [0, 0.1) is 33.5 Å². The number of hydrogen-bond acceptors (Lipinski definition) is 4. The predicted molar refractivity (Wildman–Crippen MR) is 108 cm³/mol. The van der Waals surface area contributed by atoms with E-state index >= 15 is 0 Å². The number of carbonyl (C=O) groups is 2. The van der Waals surface area contributed by atoms with Crippen molar-refractivity contribution >= 4 is 11.8 Å². The van der Waals surface area contributed by atoms with Gasteiger partial charge in [0.25, 0.3) is 0 Å². The average molecular weight is 391 g/mol. The van der Waals surface area contributed by atoms with E-state index in [0.29, 0.717) is 30.6 Å². The highest BCUT2D eigenvalue weighted by atomic mass is 16.5. The fraction of sp³-hybridized carbons (Fsp3) is 0.917. The molecule has 0 aromatic heterocycles. The number of rotatable bonds is 5. The molecule has 158 valence electrons. The molecule has 0 aromatic carbocycles. The lowest BCUT2D eigenvalue weighted by Crippen LogP contribution is -2.58. The monoisotopic (exact) mass is 390 g/mol. The summed E-state index contributed by atoms with van der Waals surface area (Å²) in [5.41, 5.74) is -0.152. The van der Waals surface area contributed by atoms with E-state index in [1.165, 1.54) is 6.42 Å². The van der Waals surface area contributed by atoms with Crippen molar-refractivity contribution in [3.8, 4) is 0 Å². The number of carbonyl (C=O) groups excluding carboxylic acids is 2. The molecule has 0 aromatic rings. The quantitative estimate of drug-likeness (QED) is 0.547. The third-order valence-corrected chi connectivity index (χ3v) is 9.61. The van der Waals surface area contributed by atoms with Crippen molar-refractivity contribution in [2.75, 3.05) is 13.2 Å². The number of Topliss-reactive ketones (excluding diaryl/α,β-unsaturated/α-hetero) is 1. The maximum atomic E-state index is 13.2. The molecule has 0 radical (unpaired) electrons. The number of ketones is 1. The molecule has 4 heteroatoms. The van der Waals surface area contributed by atoms with Gasteiger partial charge in [-0.25, -0.2) is 0 Å². The van der Waals surface area contributed by atoms with Crippen LogP contribution in [0.1, 0.15) is 91.4 Å². The smallest absolute Gasteiger partial charge is 0.312 e. The number of ether oxygens (including phenoxy) is 1. The van der Waals surface area contributed by atoms with E-state index in [1.54, 1.807) is 0 Å². The Kier molecular flexibility index (Phi) is 4.96. The van der Waals surface area contributed by atoms with E-state index in [4.69, 9.17) is 9.84 Å². The van der Waals surface area contributed by atoms with Gasteiger partial charge in [-0.05, 0) is 87.4 Å². The zero-order chi connectivity index (χ0) is 20.2. The van der Waals surface area contributed by atoms with Crippen molar-refractivity contribution in [1.82, 2.24) is 0 Å². The van der Waals surface area contributed by atoms with Crippen molar-refractivity contribution in [3.63, 3.8) is 0 Å². The second-order valence-corrected chi connectivity index (χ2v) is 11.2. The van der Waals surface area contributed by atoms with Gasteiger partial charge in [0.15, 0.2) is 0 Å². The largest absolute Gasteiger partial charge is 0.465 e. The minimum atomic E-state index is -0.406. The van der Waals surface area contributed by atoms with Gasteiger partial charge in [0.2, 0.25) is 0 Å². The van der Waals surface area contributed by atoms with Gasteiger partial charge >= 0.3 is 5.97 Å². The maximum absolute atomic E-state index is 13.2. The normalized spacial score (nSPS) is 47.4. The Hall–Kier alpha value is -0.900. The zero-order valence-corrected chi connectivity index (χ0v) is 18.0. The Morgan fingerprint density at radius 2 is 1.82 bits per heavy atom. The van der Waals surface area contributed by atoms with Gasteiger partial charge in [-0.2, -0.15) is 0 Å². The van der Waals surface area contributed by atoms with E-state index in [0.717, 1.165) is 57.8 Å². The summed E-state index contributed by atoms with van der Waals surface area (Å²) in [7, 11) is 0. The van der Waals surface area contributed by atoms with Crippen LogP contribution in [0.2, 0.25) is 0 Å². The standard InChI is InChI=1S/C24H38O4/c1-21-11-7-18-22(2)9-6-10-23(3,20(27)28-14-5-4-13-25)17(22)8-12-24(18,16-21)15-19(21)26/h17-18,25H,4-16H2,1-3H3/t17-,18-,21-,22?,23+,24?/m0/s1. The molecule has 4 saturated carbocycles. The highest BCUT2D eigenvalue weighted by Gasteiger charge is 2.68. The molecule has 2 bridgehead atoms. The van der Waals surface area contributed by atoms with Crippen LogP contribution in [0.25, 0.3) is 0 Å². The molecule has 1 N–H and O–H groups in total. The summed E-state index contributed by atoms with van der Waals surface area (Å²) in [4.78, 5) is 26.0. The molecule has 28 heavy (non-hydrogen) atoms. The highest BCUT2D eigenvalue weighted by molar-refractivity contribution is 5.88. The third-order valence-electron chi connectivity index (χ3n) is 9.61. The molecule has 1 spiro atoms. The summed E-state index contributed by atoms with van der Waals surface area (Å²) in [5, 5.41) is 8.95. The molecular formula is C24H38O4. The highest BCUT2D eigenvalue weighted by Crippen LogP contribution is 2.73. The van der Waals surface area contributed by atoms with Crippen LogP contribution in [-0.2, 0) is 14.3 Å². The molecule has 4 aliphatic carbocycles. The lowest BCUT2D eigenvalue weighted by Gasteiger charge is -2.63. The molecular weight excluding hydrogens is 352 g/mol. The van der Waals surface area contributed by atoms with Crippen LogP contribution in [0.5, 0.6) is 0 Å². The van der Waals surface area contributed by atoms with Crippen LogP contribution >= 0.6 is 0 Å². The van der Waals surface area contributed by atoms with Crippen LogP contribution in [0.4, 0.5) is 0 Å². The van der Waals surface area contributed by atoms with Crippen molar-refractivity contribution in [2.45, 2.75) is 91.4 Å². The third kappa shape index (κ3) is 2.80. The average Bonchev–Trinajstić information content (AvgIpc) is 2.82. The van der Waals surface area contributed by atoms with E-state index < -0.39 is 5.41 Å². The van der Waals surface area contributed by atoms with Gasteiger partial charge in [-0.3, -0.25) is 9.59 Å². The minimum absolute atomic E-state index is 0.0274. The van der Waals surface area contributed by atoms with E-state index in [2.05, 4.69) is 20.8 Å². The summed E-state index contributed by atoms with van der Waals surface area (Å²) in [5.74, 6) is 1.40. The first kappa shape index (κ1) is 20.4. The molecule has 6 atom stereocenters. The van der Waals surface area contributed by atoms with E-state index in [1.807, 2.05) is 0 Å². The molecule has 0 saturated heterocycles. The van der Waals surface area contributed by atoms with Crippen LogP contribution in [-0.4, -0.2) is 30.1 Å². The van der Waals surface area contributed by atoms with Gasteiger partial charge in [0, 0.05) is 18.4 Å². The van der Waals surface area contributed by atoms with E-state index in [9.17, 15) is 9.59 Å². The second-order valence-electron chi connectivity index (χ2n) is 11.2. The fourth-order valence-corrected chi connectivity index (χ4v) is 8.29. The molecule has 4 nitrogen and oxygen atoms in total. The fourth-order valence-electron chi connectivity index (χ4n) is 8.29. The molecule has 4 rings (SSSR count). The molecule has 2 unspecified atom stereocenters. The SMILES string of the molecule is CC12CCC[C@@](C)(C(=O)OCCCCO)[C@H]1CCC13CC(=O)[C@@](C)(CC[C@H]12)C3. The van der Waals surface area contributed by atoms with Crippen molar-refractivity contribution in [3.05, 3.63) is 0 Å². The summed E-state index contributed by atoms with van der Waals surface area (Å²) in [6.07, 6.45) is 10.8. The van der Waals surface area contributed by atoms with Crippen molar-refractivity contribution in [1.29, 1.82) is 0 Å². The zero-order valence-electron chi connectivity index (χ0n) is 18.0. The summed E-state index contributed by atoms with van der Waals surface area (Å²) < 4.78 is 5.71. The Labute approximate surface area is 169 Å². The van der Waals surface area contributed by atoms with Crippen LogP contribution in [0.15, 0.2) is 0 Å². The molecule has 0 aliphatic heterocycles. The Bertz CT molecular complexity index is 659. The topological polar surface area (TPSA) is 63.6 Å². The van der Waals surface area contributed by atoms with Gasteiger partial charge in [0.05, 0.1) is 12.0 Å². The van der Waals surface area contributed by atoms with Gasteiger partial charge in [-0.1, -0.05) is 20.3 Å². The van der Waals surface area contributed by atoms with Crippen molar-refractivity contribution < 1.29 is 19.4 Å². The molecule has 4 fully saturated rings. The number of esters is 1. The van der Waals surface area contributed by atoms with E-state index in [-0.39, 0.29) is 28.8 Å². The predicted octanol–water partition coefficient (Wildman–Crippen LogP) is 4.67. The minimum Gasteiger partial charge on any atom is -0.465 e. The number of aliphatic hydroxyl groups excluding tert-OH is 1. The summed E-state index contributed by atoms with van der Waals surface area (Å²) in [6.45, 7) is 7.35.